The number of aryl methyl sites for hydroxylation is 3. The number of rotatable bonds is 3. The van der Waals surface area contributed by atoms with E-state index >= 15 is 0 Å². The number of hydrogen-bond acceptors (Lipinski definition) is 4. The summed E-state index contributed by atoms with van der Waals surface area (Å²) >= 11 is 0. The van der Waals surface area contributed by atoms with E-state index in [9.17, 15) is 9.59 Å². The van der Waals surface area contributed by atoms with E-state index in [2.05, 4.69) is 20.7 Å². The predicted octanol–water partition coefficient (Wildman–Crippen LogP) is 3.10. The van der Waals surface area contributed by atoms with Gasteiger partial charge in [0.05, 0.1) is 16.6 Å². The maximum atomic E-state index is 13.0. The van der Waals surface area contributed by atoms with Gasteiger partial charge in [-0.3, -0.25) is 14.3 Å². The van der Waals surface area contributed by atoms with Crippen molar-refractivity contribution < 1.29 is 9.59 Å². The lowest BCUT2D eigenvalue weighted by molar-refractivity contribution is -0.114. The Morgan fingerprint density at radius 3 is 2.38 bits per heavy atom. The van der Waals surface area contributed by atoms with Crippen LogP contribution in [0.1, 0.15) is 34.2 Å². The molecule has 1 aromatic carbocycles. The van der Waals surface area contributed by atoms with Gasteiger partial charge >= 0.3 is 0 Å². The van der Waals surface area contributed by atoms with E-state index < -0.39 is 0 Å². The summed E-state index contributed by atoms with van der Waals surface area (Å²) in [6.45, 7) is 7.01. The molecule has 0 unspecified atom stereocenters. The van der Waals surface area contributed by atoms with E-state index in [0.717, 1.165) is 22.3 Å². The number of aromatic nitrogens is 3. The molecular formula is C19H21N5O2. The van der Waals surface area contributed by atoms with Gasteiger partial charge in [-0.25, -0.2) is 4.98 Å². The summed E-state index contributed by atoms with van der Waals surface area (Å²) in [5.74, 6) is -0.395. The van der Waals surface area contributed by atoms with E-state index in [-0.39, 0.29) is 11.8 Å². The maximum absolute atomic E-state index is 13.0. The lowest BCUT2D eigenvalue weighted by Crippen LogP contribution is -2.15. The van der Waals surface area contributed by atoms with Crippen LogP contribution in [0.2, 0.25) is 0 Å². The summed E-state index contributed by atoms with van der Waals surface area (Å²) < 4.78 is 1.68. The van der Waals surface area contributed by atoms with Crippen molar-refractivity contribution >= 4 is 34.2 Å². The summed E-state index contributed by atoms with van der Waals surface area (Å²) in [5.41, 5.74) is 4.81. The lowest BCUT2D eigenvalue weighted by Gasteiger charge is -2.13. The lowest BCUT2D eigenvalue weighted by atomic mass is 10.1. The van der Waals surface area contributed by atoms with E-state index in [1.54, 1.807) is 28.9 Å². The molecule has 0 aliphatic heterocycles. The summed E-state index contributed by atoms with van der Waals surface area (Å²) in [7, 11) is 1.81. The van der Waals surface area contributed by atoms with Gasteiger partial charge in [0.2, 0.25) is 5.91 Å². The van der Waals surface area contributed by atoms with E-state index in [1.807, 2.05) is 27.8 Å². The van der Waals surface area contributed by atoms with Crippen LogP contribution in [0.4, 0.5) is 11.4 Å². The SMILES string of the molecule is CC(=O)Nc1cccc(NC(=O)c2cc(C)nc3c2c(C)nn3C)c1C. The molecule has 0 atom stereocenters. The second-order valence-electron chi connectivity index (χ2n) is 6.33. The highest BCUT2D eigenvalue weighted by atomic mass is 16.2. The number of anilines is 2. The predicted molar refractivity (Wildman–Crippen MR) is 101 cm³/mol. The molecule has 2 aromatic heterocycles. The minimum atomic E-state index is -0.236. The fourth-order valence-electron chi connectivity index (χ4n) is 3.03. The molecule has 0 radical (unpaired) electrons. The van der Waals surface area contributed by atoms with Crippen molar-refractivity contribution in [1.29, 1.82) is 0 Å². The van der Waals surface area contributed by atoms with Crippen LogP contribution < -0.4 is 10.6 Å². The molecule has 0 aliphatic rings. The Hall–Kier alpha value is -3.22. The Morgan fingerprint density at radius 1 is 1.08 bits per heavy atom. The summed E-state index contributed by atoms with van der Waals surface area (Å²) in [4.78, 5) is 28.8. The van der Waals surface area contributed by atoms with Crippen LogP contribution in [0.3, 0.4) is 0 Å². The monoisotopic (exact) mass is 351 g/mol. The molecule has 0 aliphatic carbocycles. The molecule has 0 spiro atoms. The zero-order valence-corrected chi connectivity index (χ0v) is 15.5. The molecule has 2 heterocycles. The minimum Gasteiger partial charge on any atom is -0.326 e. The Balaban J connectivity index is 2.02. The van der Waals surface area contributed by atoms with Gasteiger partial charge in [0, 0.05) is 31.0 Å². The number of nitrogens with one attached hydrogen (secondary N) is 2. The van der Waals surface area contributed by atoms with Gasteiger partial charge in [-0.15, -0.1) is 0 Å². The minimum absolute atomic E-state index is 0.158. The second kappa shape index (κ2) is 6.59. The molecule has 7 nitrogen and oxygen atoms in total. The molecule has 2 amide bonds. The smallest absolute Gasteiger partial charge is 0.256 e. The zero-order valence-electron chi connectivity index (χ0n) is 15.5. The standard InChI is InChI=1S/C19H21N5O2/c1-10-9-14(17-12(3)23-24(5)18(17)20-10)19(26)22-16-8-6-7-15(11(16)2)21-13(4)25/h6-9H,1-5H3,(H,21,25)(H,22,26). The highest BCUT2D eigenvalue weighted by molar-refractivity contribution is 6.13. The van der Waals surface area contributed by atoms with E-state index in [0.29, 0.717) is 22.6 Å². The van der Waals surface area contributed by atoms with Gasteiger partial charge in [-0.2, -0.15) is 5.10 Å². The molecule has 0 fully saturated rings. The molecule has 0 bridgehead atoms. The van der Waals surface area contributed by atoms with Gasteiger partial charge in [-0.05, 0) is 44.5 Å². The Kier molecular flexibility index (Phi) is 4.46. The van der Waals surface area contributed by atoms with Gasteiger partial charge in [0.25, 0.3) is 5.91 Å². The van der Waals surface area contributed by atoms with Gasteiger partial charge in [0.15, 0.2) is 5.65 Å². The van der Waals surface area contributed by atoms with Crippen molar-refractivity contribution in [3.63, 3.8) is 0 Å². The normalized spacial score (nSPS) is 10.8. The molecule has 2 N–H and O–H groups in total. The summed E-state index contributed by atoms with van der Waals surface area (Å²) in [6.07, 6.45) is 0. The third kappa shape index (κ3) is 3.15. The van der Waals surface area contributed by atoms with E-state index in [4.69, 9.17) is 0 Å². The third-order valence-corrected chi connectivity index (χ3v) is 4.23. The van der Waals surface area contributed by atoms with Crippen molar-refractivity contribution in [2.75, 3.05) is 10.6 Å². The highest BCUT2D eigenvalue weighted by Gasteiger charge is 2.18. The largest absolute Gasteiger partial charge is 0.326 e. The van der Waals surface area contributed by atoms with Crippen LogP contribution in [0.15, 0.2) is 24.3 Å². The molecule has 0 saturated heterocycles. The highest BCUT2D eigenvalue weighted by Crippen LogP contribution is 2.26. The fraction of sp³-hybridized carbons (Fsp3) is 0.263. The number of benzene rings is 1. The number of pyridine rings is 1. The molecule has 134 valence electrons. The Bertz CT molecular complexity index is 1040. The Labute approximate surface area is 151 Å². The molecular weight excluding hydrogens is 330 g/mol. The van der Waals surface area contributed by atoms with Crippen LogP contribution in [0.5, 0.6) is 0 Å². The number of carbonyl (C=O) groups is 2. The van der Waals surface area contributed by atoms with Crippen LogP contribution in [0.25, 0.3) is 11.0 Å². The summed E-state index contributed by atoms with van der Waals surface area (Å²) in [6, 6.07) is 7.16. The van der Waals surface area contributed by atoms with Gasteiger partial charge < -0.3 is 10.6 Å². The van der Waals surface area contributed by atoms with Crippen molar-refractivity contribution in [1.82, 2.24) is 14.8 Å². The molecule has 0 saturated carbocycles. The molecule has 3 aromatic rings. The first kappa shape index (κ1) is 17.6. The summed E-state index contributed by atoms with van der Waals surface area (Å²) in [5, 5.41) is 10.8. The van der Waals surface area contributed by atoms with Crippen molar-refractivity contribution in [3.05, 3.63) is 46.8 Å². The quantitative estimate of drug-likeness (QED) is 0.759. The first-order valence-corrected chi connectivity index (χ1v) is 8.27. The van der Waals surface area contributed by atoms with Crippen LogP contribution in [-0.4, -0.2) is 26.6 Å². The number of amides is 2. The van der Waals surface area contributed by atoms with Crippen molar-refractivity contribution in [2.45, 2.75) is 27.7 Å². The first-order valence-electron chi connectivity index (χ1n) is 8.27. The topological polar surface area (TPSA) is 88.9 Å². The average molecular weight is 351 g/mol. The van der Waals surface area contributed by atoms with Crippen LogP contribution in [-0.2, 0) is 11.8 Å². The zero-order chi connectivity index (χ0) is 19.0. The number of hydrogen-bond donors (Lipinski definition) is 2. The number of nitrogens with zero attached hydrogens (tertiary/aromatic N) is 3. The van der Waals surface area contributed by atoms with Gasteiger partial charge in [-0.1, -0.05) is 6.07 Å². The van der Waals surface area contributed by atoms with Gasteiger partial charge in [0.1, 0.15) is 0 Å². The molecule has 26 heavy (non-hydrogen) atoms. The fourth-order valence-corrected chi connectivity index (χ4v) is 3.03. The number of fused-ring (bicyclic) bond motifs is 1. The van der Waals surface area contributed by atoms with Crippen LogP contribution >= 0.6 is 0 Å². The molecule has 3 rings (SSSR count). The number of carbonyl (C=O) groups excluding carboxylic acids is 2. The third-order valence-electron chi connectivity index (χ3n) is 4.23. The Morgan fingerprint density at radius 2 is 1.73 bits per heavy atom. The van der Waals surface area contributed by atoms with Crippen molar-refractivity contribution in [3.8, 4) is 0 Å². The molecule has 7 heteroatoms. The second-order valence-corrected chi connectivity index (χ2v) is 6.33. The van der Waals surface area contributed by atoms with E-state index in [1.165, 1.54) is 6.92 Å². The first-order chi connectivity index (χ1) is 12.3. The maximum Gasteiger partial charge on any atom is 0.256 e. The van der Waals surface area contributed by atoms with Crippen LogP contribution in [0, 0.1) is 20.8 Å². The average Bonchev–Trinajstić information content (AvgIpc) is 2.84. The van der Waals surface area contributed by atoms with Crippen molar-refractivity contribution in [2.24, 2.45) is 7.05 Å².